The maximum absolute atomic E-state index is 13.8. The topological polar surface area (TPSA) is 86.5 Å². The van der Waals surface area contributed by atoms with Crippen LogP contribution in [0.3, 0.4) is 0 Å². The normalized spacial score (nSPS) is 39.4. The molecule has 40 heavy (non-hydrogen) atoms. The Kier molecular flexibility index (Phi) is 6.76. The molecular weight excluding hydrogens is 523 g/mol. The molecule has 8 atom stereocenters. The predicted octanol–water partition coefficient (Wildman–Crippen LogP) is 5.94. The second kappa shape index (κ2) is 9.68. The molecule has 7 nitrogen and oxygen atoms in total. The lowest BCUT2D eigenvalue weighted by atomic mass is 9.43. The second-order valence-corrected chi connectivity index (χ2v) is 13.6. The molecule has 4 aliphatic carbocycles. The fourth-order valence-electron chi connectivity index (χ4n) is 9.84. The summed E-state index contributed by atoms with van der Waals surface area (Å²) < 4.78 is 49.2. The van der Waals surface area contributed by atoms with Crippen LogP contribution in [0.2, 0.25) is 0 Å². The molecule has 1 unspecified atom stereocenters. The van der Waals surface area contributed by atoms with E-state index >= 15 is 0 Å². The molecule has 6 rings (SSSR count). The summed E-state index contributed by atoms with van der Waals surface area (Å²) in [5.74, 6) is 1.76. The largest absolute Gasteiger partial charge is 0.573 e. The summed E-state index contributed by atoms with van der Waals surface area (Å²) in [5.41, 5.74) is 0.208. The molecule has 1 heterocycles. The van der Waals surface area contributed by atoms with Crippen molar-refractivity contribution in [2.45, 2.75) is 90.1 Å². The van der Waals surface area contributed by atoms with Gasteiger partial charge >= 0.3 is 6.36 Å². The number of aliphatic hydroxyl groups is 1. The number of rotatable bonds is 6. The first-order valence-electron chi connectivity index (χ1n) is 14.7. The number of Topliss-reactive ketones (excluding diaryl/α,β-unsaturated/α-hetero) is 1. The number of fused-ring (bicyclic) bond motifs is 6. The van der Waals surface area contributed by atoms with Crippen molar-refractivity contribution in [3.63, 3.8) is 0 Å². The fourth-order valence-corrected chi connectivity index (χ4v) is 9.84. The number of halogens is 3. The van der Waals surface area contributed by atoms with Crippen molar-refractivity contribution < 1.29 is 32.5 Å². The average Bonchev–Trinajstić information content (AvgIpc) is 3.43. The van der Waals surface area contributed by atoms with Crippen molar-refractivity contribution in [3.8, 4) is 5.75 Å². The van der Waals surface area contributed by atoms with Gasteiger partial charge in [-0.3, -0.25) is 4.79 Å². The Hall–Kier alpha value is -2.20. The number of carbonyl (C=O) groups excluding carboxylic acids is 1. The molecule has 1 N–H and O–H groups in total. The van der Waals surface area contributed by atoms with E-state index in [1.54, 1.807) is 7.11 Å². The molecule has 0 amide bonds. The lowest BCUT2D eigenvalue weighted by molar-refractivity contribution is -0.274. The van der Waals surface area contributed by atoms with E-state index in [-0.39, 0.29) is 40.3 Å². The van der Waals surface area contributed by atoms with E-state index in [9.17, 15) is 23.1 Å². The first-order chi connectivity index (χ1) is 18.9. The number of aromatic nitrogens is 3. The van der Waals surface area contributed by atoms with E-state index in [1.807, 2.05) is 6.92 Å². The third-order valence-electron chi connectivity index (χ3n) is 11.5. The van der Waals surface area contributed by atoms with Crippen molar-refractivity contribution in [3.05, 3.63) is 18.2 Å². The fraction of sp³-hybridized carbons (Fsp3) is 0.767. The molecule has 0 spiro atoms. The van der Waals surface area contributed by atoms with Crippen LogP contribution >= 0.6 is 0 Å². The zero-order chi connectivity index (χ0) is 28.5. The van der Waals surface area contributed by atoms with Crippen LogP contribution in [0, 0.1) is 40.4 Å². The van der Waals surface area contributed by atoms with Crippen molar-refractivity contribution in [2.75, 3.05) is 13.7 Å². The second-order valence-electron chi connectivity index (χ2n) is 13.6. The molecule has 10 heteroatoms. The summed E-state index contributed by atoms with van der Waals surface area (Å²) >= 11 is 0. The van der Waals surface area contributed by atoms with Gasteiger partial charge in [-0.2, -0.15) is 0 Å². The number of hydrogen-bond donors (Lipinski definition) is 1. The third kappa shape index (κ3) is 4.63. The number of carbonyl (C=O) groups is 1. The summed E-state index contributed by atoms with van der Waals surface area (Å²) in [5, 5.41) is 19.0. The molecule has 0 bridgehead atoms. The molecule has 220 valence electrons. The van der Waals surface area contributed by atoms with Gasteiger partial charge in [-0.25, -0.2) is 4.68 Å². The van der Waals surface area contributed by atoms with Crippen LogP contribution in [0.4, 0.5) is 13.2 Å². The maximum Gasteiger partial charge on any atom is 0.573 e. The Morgan fingerprint density at radius 1 is 1.10 bits per heavy atom. The Balaban J connectivity index is 1.20. The van der Waals surface area contributed by atoms with Gasteiger partial charge < -0.3 is 14.6 Å². The summed E-state index contributed by atoms with van der Waals surface area (Å²) in [6, 6.07) is 3.90. The summed E-state index contributed by atoms with van der Waals surface area (Å²) in [6.45, 7) is 5.09. The van der Waals surface area contributed by atoms with Crippen LogP contribution in [0.15, 0.2) is 18.2 Å². The minimum atomic E-state index is -4.79. The highest BCUT2D eigenvalue weighted by atomic mass is 19.4. The van der Waals surface area contributed by atoms with Gasteiger partial charge in [0, 0.05) is 19.1 Å². The van der Waals surface area contributed by atoms with Gasteiger partial charge in [-0.05, 0) is 111 Å². The van der Waals surface area contributed by atoms with Crippen molar-refractivity contribution in [1.82, 2.24) is 15.0 Å². The SMILES string of the molecule is COCC12CC[C@@](C)(O)C[C@@H]1CC[C@@H]1[C@@H]2CC[C@]2(C)[C@@H](C(=O)Cn3nnc4cc(OC(F)(F)F)ccc43)CC[C@@H]12. The van der Waals surface area contributed by atoms with E-state index < -0.39 is 12.0 Å². The van der Waals surface area contributed by atoms with Gasteiger partial charge in [0.05, 0.1) is 17.7 Å². The first kappa shape index (κ1) is 27.9. The molecular formula is C30H40F3N3O4. The maximum atomic E-state index is 13.8. The molecule has 0 radical (unpaired) electrons. The number of ketones is 1. The summed E-state index contributed by atoms with van der Waals surface area (Å²) in [6.07, 6.45) is 4.10. The number of hydrogen-bond acceptors (Lipinski definition) is 6. The summed E-state index contributed by atoms with van der Waals surface area (Å²) in [7, 11) is 1.80. The first-order valence-corrected chi connectivity index (χ1v) is 14.7. The molecule has 4 fully saturated rings. The van der Waals surface area contributed by atoms with Gasteiger partial charge in [-0.1, -0.05) is 12.1 Å². The highest BCUT2D eigenvalue weighted by Crippen LogP contribution is 2.68. The zero-order valence-corrected chi connectivity index (χ0v) is 23.5. The monoisotopic (exact) mass is 563 g/mol. The lowest BCUT2D eigenvalue weighted by Gasteiger charge is -2.62. The minimum absolute atomic E-state index is 0.0574. The molecule has 1 aromatic carbocycles. The van der Waals surface area contributed by atoms with E-state index in [2.05, 4.69) is 22.0 Å². The standard InChI is InChI=1S/C30H40F3N3O4/c1-27(38)12-13-29(17-39-3)18(15-27)4-6-20-21-7-8-23(28(21,2)11-10-22(20)29)26(37)16-36-25-9-5-19(40-30(31,32)33)14-24(25)34-35-36/h5,9,14,18,20-23,38H,4,6-8,10-13,15-17H2,1-3H3/t18-,20-,21-,22-,23+,27+,28-,29?/m0/s1. The Morgan fingerprint density at radius 2 is 1.90 bits per heavy atom. The molecule has 2 aromatic rings. The molecule has 4 aliphatic rings. The molecule has 4 saturated carbocycles. The Labute approximate surface area is 232 Å². The van der Waals surface area contributed by atoms with Crippen LogP contribution in [0.5, 0.6) is 5.75 Å². The number of ether oxygens (including phenoxy) is 2. The van der Waals surface area contributed by atoms with Crippen LogP contribution in [0.1, 0.15) is 71.6 Å². The minimum Gasteiger partial charge on any atom is -0.406 e. The zero-order valence-electron chi connectivity index (χ0n) is 23.5. The summed E-state index contributed by atoms with van der Waals surface area (Å²) in [4.78, 5) is 13.8. The average molecular weight is 564 g/mol. The number of alkyl halides is 3. The van der Waals surface area contributed by atoms with Crippen molar-refractivity contribution in [2.24, 2.45) is 40.4 Å². The van der Waals surface area contributed by atoms with Gasteiger partial charge in [0.15, 0.2) is 5.78 Å². The van der Waals surface area contributed by atoms with Crippen LogP contribution in [0.25, 0.3) is 11.0 Å². The highest BCUT2D eigenvalue weighted by Gasteiger charge is 2.63. The van der Waals surface area contributed by atoms with Gasteiger partial charge in [0.2, 0.25) is 0 Å². The predicted molar refractivity (Wildman–Crippen MR) is 141 cm³/mol. The number of nitrogens with zero attached hydrogens (tertiary/aromatic N) is 3. The quantitative estimate of drug-likeness (QED) is 0.469. The van der Waals surface area contributed by atoms with Gasteiger partial charge in [-0.15, -0.1) is 18.3 Å². The van der Waals surface area contributed by atoms with E-state index in [4.69, 9.17) is 4.74 Å². The highest BCUT2D eigenvalue weighted by molar-refractivity contribution is 5.84. The molecule has 0 saturated heterocycles. The van der Waals surface area contributed by atoms with Crippen LogP contribution < -0.4 is 4.74 Å². The van der Waals surface area contributed by atoms with Gasteiger partial charge in [0.1, 0.15) is 17.8 Å². The lowest BCUT2D eigenvalue weighted by Crippen LogP contribution is -2.58. The number of methoxy groups -OCH3 is 1. The van der Waals surface area contributed by atoms with Crippen molar-refractivity contribution in [1.29, 1.82) is 0 Å². The smallest absolute Gasteiger partial charge is 0.406 e. The molecule has 0 aliphatic heterocycles. The third-order valence-corrected chi connectivity index (χ3v) is 11.5. The van der Waals surface area contributed by atoms with Crippen LogP contribution in [-0.4, -0.2) is 51.6 Å². The Morgan fingerprint density at radius 3 is 2.65 bits per heavy atom. The van der Waals surface area contributed by atoms with Gasteiger partial charge in [0.25, 0.3) is 0 Å². The van der Waals surface area contributed by atoms with E-state index in [1.165, 1.54) is 22.9 Å². The van der Waals surface area contributed by atoms with Crippen molar-refractivity contribution >= 4 is 16.8 Å². The number of benzene rings is 1. The van der Waals surface area contributed by atoms with E-state index in [0.29, 0.717) is 29.2 Å². The van der Waals surface area contributed by atoms with E-state index in [0.717, 1.165) is 64.4 Å². The molecule has 1 aromatic heterocycles. The Bertz CT molecular complexity index is 1280. The van der Waals surface area contributed by atoms with Crippen LogP contribution in [-0.2, 0) is 16.1 Å².